The molecule has 1 aliphatic heterocycles. The SMILES string of the molecule is CCOC(=O)N1CCN(S(=O)(=O)c2ccc(C(=O)N(CCCN(C)C)c3nc4c(F)cccc4s3)cc2)CC1.Cl. The van der Waals surface area contributed by atoms with Crippen LogP contribution in [0.25, 0.3) is 10.2 Å². The summed E-state index contributed by atoms with van der Waals surface area (Å²) in [7, 11) is 0.0672. The molecule has 4 rings (SSSR count). The van der Waals surface area contributed by atoms with E-state index in [4.69, 9.17) is 4.74 Å². The largest absolute Gasteiger partial charge is 0.450 e. The Morgan fingerprint density at radius 2 is 1.73 bits per heavy atom. The van der Waals surface area contributed by atoms with Gasteiger partial charge >= 0.3 is 6.09 Å². The summed E-state index contributed by atoms with van der Waals surface area (Å²) in [6.07, 6.45) is 0.213. The number of amides is 2. The van der Waals surface area contributed by atoms with Gasteiger partial charge in [0.2, 0.25) is 10.0 Å². The Balaban J connectivity index is 0.00000441. The number of carbonyl (C=O) groups is 2. The van der Waals surface area contributed by atoms with Crippen molar-refractivity contribution >= 4 is 61.1 Å². The minimum atomic E-state index is -3.81. The molecule has 0 aliphatic carbocycles. The molecule has 40 heavy (non-hydrogen) atoms. The molecule has 1 saturated heterocycles. The lowest BCUT2D eigenvalue weighted by Crippen LogP contribution is -2.50. The molecule has 1 aliphatic rings. The van der Waals surface area contributed by atoms with Crippen LogP contribution in [0, 0.1) is 5.82 Å². The second-order valence-electron chi connectivity index (χ2n) is 9.31. The molecule has 2 heterocycles. The van der Waals surface area contributed by atoms with Gasteiger partial charge in [-0.25, -0.2) is 22.6 Å². The summed E-state index contributed by atoms with van der Waals surface area (Å²) >= 11 is 1.23. The van der Waals surface area contributed by atoms with Crippen LogP contribution in [0.3, 0.4) is 0 Å². The van der Waals surface area contributed by atoms with Crippen molar-refractivity contribution in [1.29, 1.82) is 0 Å². The van der Waals surface area contributed by atoms with E-state index < -0.39 is 21.9 Å². The van der Waals surface area contributed by atoms with Crippen LogP contribution < -0.4 is 4.90 Å². The van der Waals surface area contributed by atoms with E-state index in [9.17, 15) is 22.4 Å². The smallest absolute Gasteiger partial charge is 0.409 e. The number of thiazole rings is 1. The molecule has 0 spiro atoms. The molecule has 1 fully saturated rings. The lowest BCUT2D eigenvalue weighted by molar-refractivity contribution is 0.0933. The zero-order valence-electron chi connectivity index (χ0n) is 22.6. The summed E-state index contributed by atoms with van der Waals surface area (Å²) in [6, 6.07) is 10.5. The molecule has 0 unspecified atom stereocenters. The number of rotatable bonds is 9. The first-order valence-corrected chi connectivity index (χ1v) is 14.9. The van der Waals surface area contributed by atoms with Crippen molar-refractivity contribution in [2.45, 2.75) is 18.2 Å². The van der Waals surface area contributed by atoms with E-state index in [1.54, 1.807) is 19.1 Å². The van der Waals surface area contributed by atoms with Gasteiger partial charge in [0.25, 0.3) is 5.91 Å². The van der Waals surface area contributed by atoms with E-state index in [1.807, 2.05) is 19.0 Å². The van der Waals surface area contributed by atoms with Crippen LogP contribution in [-0.4, -0.2) is 99.5 Å². The Bertz CT molecular complexity index is 1430. The van der Waals surface area contributed by atoms with Gasteiger partial charge in [-0.1, -0.05) is 17.4 Å². The highest BCUT2D eigenvalue weighted by Crippen LogP contribution is 2.31. The van der Waals surface area contributed by atoms with Gasteiger partial charge in [-0.15, -0.1) is 12.4 Å². The lowest BCUT2D eigenvalue weighted by atomic mass is 10.2. The summed E-state index contributed by atoms with van der Waals surface area (Å²) in [5.41, 5.74) is 0.512. The number of sulfonamides is 1. The molecule has 2 amide bonds. The quantitative estimate of drug-likeness (QED) is 0.360. The molecule has 218 valence electrons. The fraction of sp³-hybridized carbons (Fsp3) is 0.423. The topological polar surface area (TPSA) is 103 Å². The van der Waals surface area contributed by atoms with Crippen molar-refractivity contribution in [1.82, 2.24) is 19.1 Å². The fourth-order valence-electron chi connectivity index (χ4n) is 4.25. The first-order valence-electron chi connectivity index (χ1n) is 12.7. The Labute approximate surface area is 243 Å². The van der Waals surface area contributed by atoms with Gasteiger partial charge in [0.05, 0.1) is 16.2 Å². The van der Waals surface area contributed by atoms with Gasteiger partial charge in [-0.3, -0.25) is 9.69 Å². The van der Waals surface area contributed by atoms with Crippen molar-refractivity contribution in [3.05, 3.63) is 53.8 Å². The van der Waals surface area contributed by atoms with Crippen LogP contribution in [0.5, 0.6) is 0 Å². The summed E-state index contributed by atoms with van der Waals surface area (Å²) in [5, 5.41) is 0.384. The summed E-state index contributed by atoms with van der Waals surface area (Å²) in [4.78, 5) is 35.0. The third kappa shape index (κ3) is 7.07. The van der Waals surface area contributed by atoms with Crippen molar-refractivity contribution in [3.63, 3.8) is 0 Å². The van der Waals surface area contributed by atoms with Crippen LogP contribution >= 0.6 is 23.7 Å². The zero-order valence-corrected chi connectivity index (χ0v) is 25.0. The number of anilines is 1. The number of benzene rings is 2. The molecular formula is C26H33ClFN5O5S2. The number of hydrogen-bond acceptors (Lipinski definition) is 8. The van der Waals surface area contributed by atoms with Crippen molar-refractivity contribution in [3.8, 4) is 0 Å². The number of aromatic nitrogens is 1. The number of carbonyl (C=O) groups excluding carboxylic acids is 2. The van der Waals surface area contributed by atoms with E-state index in [-0.39, 0.29) is 61.5 Å². The van der Waals surface area contributed by atoms with Gasteiger partial charge in [0.1, 0.15) is 11.3 Å². The standard InChI is InChI=1S/C26H32FN5O5S2.ClH/c1-4-37-26(34)30-15-17-31(18-16-30)39(35,36)20-11-9-19(10-12-20)24(33)32(14-6-13-29(2)3)25-28-23-21(27)7-5-8-22(23)38-25;/h5,7-12H,4,6,13-18H2,1-3H3;1H. The van der Waals surface area contributed by atoms with Gasteiger partial charge in [0, 0.05) is 38.3 Å². The molecule has 0 bridgehead atoms. The molecule has 0 radical (unpaired) electrons. The predicted molar refractivity (Wildman–Crippen MR) is 155 cm³/mol. The molecule has 1 aromatic heterocycles. The highest BCUT2D eigenvalue weighted by atomic mass is 35.5. The summed E-state index contributed by atoms with van der Waals surface area (Å²) in [6.45, 7) is 3.84. The maximum Gasteiger partial charge on any atom is 0.409 e. The third-order valence-electron chi connectivity index (χ3n) is 6.33. The summed E-state index contributed by atoms with van der Waals surface area (Å²) in [5.74, 6) is -0.798. The minimum absolute atomic E-state index is 0. The van der Waals surface area contributed by atoms with Gasteiger partial charge < -0.3 is 14.5 Å². The molecule has 0 saturated carbocycles. The first-order chi connectivity index (χ1) is 18.6. The second-order valence-corrected chi connectivity index (χ2v) is 12.3. The molecule has 14 heteroatoms. The van der Waals surface area contributed by atoms with Gasteiger partial charge in [-0.05, 0) is 70.4 Å². The van der Waals surface area contributed by atoms with E-state index >= 15 is 0 Å². The normalized spacial score (nSPS) is 14.3. The minimum Gasteiger partial charge on any atom is -0.450 e. The molecule has 0 atom stereocenters. The highest BCUT2D eigenvalue weighted by molar-refractivity contribution is 7.89. The zero-order chi connectivity index (χ0) is 28.2. The van der Waals surface area contributed by atoms with Crippen molar-refractivity contribution < 1.29 is 27.1 Å². The number of halogens is 2. The maximum absolute atomic E-state index is 14.3. The predicted octanol–water partition coefficient (Wildman–Crippen LogP) is 3.92. The Kier molecular flexibility index (Phi) is 10.8. The van der Waals surface area contributed by atoms with Crippen LogP contribution in [0.2, 0.25) is 0 Å². The highest BCUT2D eigenvalue weighted by Gasteiger charge is 2.31. The van der Waals surface area contributed by atoms with Crippen LogP contribution in [0.15, 0.2) is 47.4 Å². The Morgan fingerprint density at radius 3 is 2.33 bits per heavy atom. The second kappa shape index (κ2) is 13.7. The van der Waals surface area contributed by atoms with Crippen LogP contribution in [0.4, 0.5) is 14.3 Å². The first kappa shape index (κ1) is 31.7. The van der Waals surface area contributed by atoms with Crippen LogP contribution in [-0.2, 0) is 14.8 Å². The molecule has 3 aromatic rings. The van der Waals surface area contributed by atoms with Crippen molar-refractivity contribution in [2.75, 3.05) is 64.9 Å². The van der Waals surface area contributed by atoms with E-state index in [2.05, 4.69) is 4.98 Å². The Morgan fingerprint density at radius 1 is 1.05 bits per heavy atom. The van der Waals surface area contributed by atoms with Crippen molar-refractivity contribution in [2.24, 2.45) is 0 Å². The van der Waals surface area contributed by atoms with E-state index in [0.29, 0.717) is 28.4 Å². The number of para-hydroxylation sites is 1. The number of fused-ring (bicyclic) bond motifs is 1. The van der Waals surface area contributed by atoms with Crippen LogP contribution in [0.1, 0.15) is 23.7 Å². The fourth-order valence-corrected chi connectivity index (χ4v) is 6.67. The molecule has 0 N–H and O–H groups in total. The molecule has 2 aromatic carbocycles. The molecular weight excluding hydrogens is 581 g/mol. The maximum atomic E-state index is 14.3. The lowest BCUT2D eigenvalue weighted by Gasteiger charge is -2.33. The average Bonchev–Trinajstić information content (AvgIpc) is 3.36. The number of piperazine rings is 1. The van der Waals surface area contributed by atoms with E-state index in [0.717, 1.165) is 6.54 Å². The van der Waals surface area contributed by atoms with Gasteiger partial charge in [-0.2, -0.15) is 4.31 Å². The number of ether oxygens (including phenoxy) is 1. The van der Waals surface area contributed by atoms with Gasteiger partial charge in [0.15, 0.2) is 5.13 Å². The number of nitrogens with zero attached hydrogens (tertiary/aromatic N) is 5. The van der Waals surface area contributed by atoms with E-state index in [1.165, 1.54) is 55.8 Å². The Hall–Kier alpha value is -2.84. The molecule has 10 nitrogen and oxygen atoms in total. The number of hydrogen-bond donors (Lipinski definition) is 0. The average molecular weight is 614 g/mol. The monoisotopic (exact) mass is 613 g/mol. The summed E-state index contributed by atoms with van der Waals surface area (Å²) < 4.78 is 47.7. The third-order valence-corrected chi connectivity index (χ3v) is 9.28.